The number of hydrogen-bond acceptors (Lipinski definition) is 4. The van der Waals surface area contributed by atoms with E-state index in [2.05, 4.69) is 9.83 Å². The summed E-state index contributed by atoms with van der Waals surface area (Å²) in [5.74, 6) is -0.540. The van der Waals surface area contributed by atoms with Gasteiger partial charge in [-0.1, -0.05) is 24.3 Å². The lowest BCUT2D eigenvalue weighted by Gasteiger charge is -2.10. The smallest absolute Gasteiger partial charge is 0.331 e. The molecule has 112 valence electrons. The van der Waals surface area contributed by atoms with Crippen LogP contribution in [0.1, 0.15) is 0 Å². The molecule has 0 amide bonds. The standard InChI is InChI=1S/C17H10N2O3S/c1-18-12-4-2-11(3-5-12)16-14(22-9-8-15(20)21)7-6-13-17(16)23-10-19-13/h2-10H,(H,20,21)/b9-8+. The molecule has 3 rings (SSSR count). The lowest BCUT2D eigenvalue weighted by molar-refractivity contribution is -0.131. The number of aromatic nitrogens is 1. The molecule has 0 spiro atoms. The summed E-state index contributed by atoms with van der Waals surface area (Å²) < 4.78 is 6.44. The minimum atomic E-state index is -1.08. The molecule has 0 aliphatic heterocycles. The van der Waals surface area contributed by atoms with Gasteiger partial charge in [0.15, 0.2) is 5.69 Å². The molecule has 0 bridgehead atoms. The van der Waals surface area contributed by atoms with E-state index < -0.39 is 5.97 Å². The molecule has 0 aliphatic carbocycles. The lowest BCUT2D eigenvalue weighted by atomic mass is 10.0. The molecule has 0 saturated carbocycles. The van der Waals surface area contributed by atoms with Gasteiger partial charge in [-0.25, -0.2) is 14.6 Å². The second-order valence-corrected chi connectivity index (χ2v) is 5.41. The zero-order valence-corrected chi connectivity index (χ0v) is 12.6. The normalized spacial score (nSPS) is 10.7. The molecule has 1 heterocycles. The number of nitrogens with zero attached hydrogens (tertiary/aromatic N) is 2. The molecule has 0 saturated heterocycles. The van der Waals surface area contributed by atoms with Gasteiger partial charge in [0, 0.05) is 5.56 Å². The third-order valence-electron chi connectivity index (χ3n) is 3.15. The summed E-state index contributed by atoms with van der Waals surface area (Å²) in [5.41, 5.74) is 4.85. The summed E-state index contributed by atoms with van der Waals surface area (Å²) in [7, 11) is 0. The summed E-state index contributed by atoms with van der Waals surface area (Å²) in [6.07, 6.45) is 2.07. The van der Waals surface area contributed by atoms with Crippen molar-refractivity contribution in [2.45, 2.75) is 0 Å². The number of aliphatic carboxylic acids is 1. The molecule has 23 heavy (non-hydrogen) atoms. The molecule has 0 unspecified atom stereocenters. The van der Waals surface area contributed by atoms with Crippen LogP contribution in [0.4, 0.5) is 5.69 Å². The van der Waals surface area contributed by atoms with Gasteiger partial charge >= 0.3 is 5.97 Å². The second kappa shape index (κ2) is 6.30. The van der Waals surface area contributed by atoms with Gasteiger partial charge in [0.05, 0.1) is 34.6 Å². The Labute approximate surface area is 135 Å². The number of hydrogen-bond donors (Lipinski definition) is 1. The van der Waals surface area contributed by atoms with Crippen molar-refractivity contribution in [3.8, 4) is 16.9 Å². The maximum absolute atomic E-state index is 10.6. The maximum Gasteiger partial charge on any atom is 0.331 e. The van der Waals surface area contributed by atoms with Gasteiger partial charge in [0.2, 0.25) is 0 Å². The average molecular weight is 322 g/mol. The van der Waals surface area contributed by atoms with Crippen LogP contribution in [0.15, 0.2) is 54.2 Å². The molecule has 5 nitrogen and oxygen atoms in total. The monoisotopic (exact) mass is 322 g/mol. The van der Waals surface area contributed by atoms with Gasteiger partial charge < -0.3 is 9.84 Å². The highest BCUT2D eigenvalue weighted by Gasteiger charge is 2.13. The highest BCUT2D eigenvalue weighted by atomic mass is 32.1. The Hall–Kier alpha value is -3.17. The van der Waals surface area contributed by atoms with Gasteiger partial charge in [-0.15, -0.1) is 11.3 Å². The van der Waals surface area contributed by atoms with Crippen LogP contribution in [0, 0.1) is 6.57 Å². The summed E-state index contributed by atoms with van der Waals surface area (Å²) in [5, 5.41) is 8.67. The zero-order chi connectivity index (χ0) is 16.2. The Morgan fingerprint density at radius 3 is 2.74 bits per heavy atom. The number of carboxylic acid groups (broad SMARTS) is 1. The molecule has 2 aromatic carbocycles. The topological polar surface area (TPSA) is 63.8 Å². The van der Waals surface area contributed by atoms with Gasteiger partial charge in [-0.05, 0) is 17.7 Å². The van der Waals surface area contributed by atoms with E-state index in [-0.39, 0.29) is 0 Å². The average Bonchev–Trinajstić information content (AvgIpc) is 3.03. The molecule has 3 aromatic rings. The molecular formula is C17H10N2O3S. The summed E-state index contributed by atoms with van der Waals surface area (Å²) in [6, 6.07) is 10.7. The molecule has 0 radical (unpaired) electrons. The number of fused-ring (bicyclic) bond motifs is 1. The SMILES string of the molecule is [C-]#[N+]c1ccc(-c2c(O/C=C/C(=O)O)ccc3ncsc23)cc1. The summed E-state index contributed by atoms with van der Waals surface area (Å²) >= 11 is 1.48. The van der Waals surface area contributed by atoms with Crippen LogP contribution in [0.5, 0.6) is 5.75 Å². The fraction of sp³-hybridized carbons (Fsp3) is 0. The van der Waals surface area contributed by atoms with Crippen molar-refractivity contribution in [3.05, 3.63) is 65.7 Å². The first kappa shape index (κ1) is 14.8. The summed E-state index contributed by atoms with van der Waals surface area (Å²) in [4.78, 5) is 18.3. The van der Waals surface area contributed by atoms with E-state index >= 15 is 0 Å². The highest BCUT2D eigenvalue weighted by Crippen LogP contribution is 2.39. The first-order chi connectivity index (χ1) is 11.2. The number of thiazole rings is 1. The van der Waals surface area contributed by atoms with Crippen LogP contribution in [0.3, 0.4) is 0 Å². The number of ether oxygens (including phenoxy) is 1. The van der Waals surface area contributed by atoms with E-state index in [1.165, 1.54) is 11.3 Å². The largest absolute Gasteiger partial charge is 0.478 e. The second-order valence-electron chi connectivity index (χ2n) is 4.56. The molecule has 0 atom stereocenters. The Balaban J connectivity index is 2.12. The molecule has 1 aromatic heterocycles. The van der Waals surface area contributed by atoms with Gasteiger partial charge in [0.1, 0.15) is 5.75 Å². The van der Waals surface area contributed by atoms with Crippen LogP contribution in [0.2, 0.25) is 0 Å². The van der Waals surface area contributed by atoms with E-state index in [0.717, 1.165) is 33.7 Å². The lowest BCUT2D eigenvalue weighted by Crippen LogP contribution is -1.91. The molecule has 6 heteroatoms. The molecule has 0 aliphatic rings. The van der Waals surface area contributed by atoms with E-state index in [1.807, 2.05) is 18.2 Å². The van der Waals surface area contributed by atoms with E-state index in [9.17, 15) is 4.79 Å². The van der Waals surface area contributed by atoms with E-state index in [4.69, 9.17) is 16.4 Å². The van der Waals surface area contributed by atoms with Gasteiger partial charge in [0.25, 0.3) is 0 Å². The Morgan fingerprint density at radius 1 is 1.26 bits per heavy atom. The predicted octanol–water partition coefficient (Wildman–Crippen LogP) is 4.49. The van der Waals surface area contributed by atoms with Gasteiger partial charge in [-0.2, -0.15) is 0 Å². The fourth-order valence-electron chi connectivity index (χ4n) is 2.15. The van der Waals surface area contributed by atoms with Crippen molar-refractivity contribution < 1.29 is 14.6 Å². The third-order valence-corrected chi connectivity index (χ3v) is 4.01. The zero-order valence-electron chi connectivity index (χ0n) is 11.8. The molecule has 0 fully saturated rings. The van der Waals surface area contributed by atoms with Crippen LogP contribution in [-0.4, -0.2) is 16.1 Å². The number of carboxylic acids is 1. The Kier molecular flexibility index (Phi) is 4.04. The number of carbonyl (C=O) groups is 1. The van der Waals surface area contributed by atoms with Crippen molar-refractivity contribution in [2.24, 2.45) is 0 Å². The Bertz CT molecular complexity index is 937. The third kappa shape index (κ3) is 3.05. The van der Waals surface area contributed by atoms with Crippen LogP contribution < -0.4 is 4.74 Å². The van der Waals surface area contributed by atoms with Crippen LogP contribution >= 0.6 is 11.3 Å². The van der Waals surface area contributed by atoms with Crippen molar-refractivity contribution in [3.63, 3.8) is 0 Å². The summed E-state index contributed by atoms with van der Waals surface area (Å²) in [6.45, 7) is 7.03. The van der Waals surface area contributed by atoms with Gasteiger partial charge in [-0.3, -0.25) is 0 Å². The van der Waals surface area contributed by atoms with Crippen LogP contribution in [-0.2, 0) is 4.79 Å². The first-order valence-electron chi connectivity index (χ1n) is 6.59. The molecular weight excluding hydrogens is 312 g/mol. The minimum absolute atomic E-state index is 0.537. The predicted molar refractivity (Wildman–Crippen MR) is 88.7 cm³/mol. The van der Waals surface area contributed by atoms with Crippen molar-refractivity contribution in [1.29, 1.82) is 0 Å². The van der Waals surface area contributed by atoms with E-state index in [1.54, 1.807) is 23.7 Å². The van der Waals surface area contributed by atoms with Crippen molar-refractivity contribution in [1.82, 2.24) is 4.98 Å². The maximum atomic E-state index is 10.6. The Morgan fingerprint density at radius 2 is 2.04 bits per heavy atom. The van der Waals surface area contributed by atoms with Crippen molar-refractivity contribution >= 4 is 33.2 Å². The highest BCUT2D eigenvalue weighted by molar-refractivity contribution is 7.17. The van der Waals surface area contributed by atoms with E-state index in [0.29, 0.717) is 11.4 Å². The van der Waals surface area contributed by atoms with Crippen molar-refractivity contribution in [2.75, 3.05) is 0 Å². The fourth-order valence-corrected chi connectivity index (χ4v) is 3.00. The first-order valence-corrected chi connectivity index (χ1v) is 7.47. The minimum Gasteiger partial charge on any atom is -0.478 e. The number of benzene rings is 2. The van der Waals surface area contributed by atoms with Crippen LogP contribution in [0.25, 0.3) is 26.2 Å². The number of rotatable bonds is 4. The quantitative estimate of drug-likeness (QED) is 0.436. The molecule has 1 N–H and O–H groups in total.